The van der Waals surface area contributed by atoms with Gasteiger partial charge in [-0.3, -0.25) is 0 Å². The van der Waals surface area contributed by atoms with E-state index in [1.54, 1.807) is 0 Å². The predicted molar refractivity (Wildman–Crippen MR) is 78.7 cm³/mol. The van der Waals surface area contributed by atoms with Crippen LogP contribution in [0.25, 0.3) is 11.0 Å². The van der Waals surface area contributed by atoms with Crippen molar-refractivity contribution >= 4 is 16.7 Å². The molecule has 1 aliphatic carbocycles. The zero-order valence-electron chi connectivity index (χ0n) is 11.6. The third-order valence-corrected chi connectivity index (χ3v) is 4.80. The van der Waals surface area contributed by atoms with E-state index in [-0.39, 0.29) is 0 Å². The minimum Gasteiger partial charge on any atom is -0.385 e. The Morgan fingerprint density at radius 3 is 2.89 bits per heavy atom. The minimum atomic E-state index is 0.683. The summed E-state index contributed by atoms with van der Waals surface area (Å²) in [7, 11) is 2.19. The Hall–Kier alpha value is -1.51. The first-order valence-corrected chi connectivity index (χ1v) is 7.56. The lowest BCUT2D eigenvalue weighted by Crippen LogP contribution is -2.11. The van der Waals surface area contributed by atoms with Gasteiger partial charge in [0.25, 0.3) is 0 Å². The van der Waals surface area contributed by atoms with E-state index in [1.165, 1.54) is 61.1 Å². The molecule has 3 nitrogen and oxygen atoms in total. The van der Waals surface area contributed by atoms with E-state index in [2.05, 4.69) is 29.1 Å². The highest BCUT2D eigenvalue weighted by atomic mass is 15.1. The molecule has 0 bridgehead atoms. The van der Waals surface area contributed by atoms with Crippen molar-refractivity contribution in [2.45, 2.75) is 44.4 Å². The number of aryl methyl sites for hydroxylation is 2. The van der Waals surface area contributed by atoms with Crippen LogP contribution < -0.4 is 5.32 Å². The van der Waals surface area contributed by atoms with Crippen LogP contribution in [0.3, 0.4) is 0 Å². The maximum atomic E-state index is 4.93. The highest BCUT2D eigenvalue weighted by Crippen LogP contribution is 2.36. The molecule has 1 aliphatic heterocycles. The number of hydrogen-bond donors (Lipinski definition) is 1. The van der Waals surface area contributed by atoms with Gasteiger partial charge in [0.15, 0.2) is 0 Å². The molecular weight excluding hydrogens is 234 g/mol. The molecule has 2 aliphatic rings. The Labute approximate surface area is 114 Å². The van der Waals surface area contributed by atoms with Crippen LogP contribution in [-0.4, -0.2) is 16.1 Å². The molecule has 3 heteroatoms. The van der Waals surface area contributed by atoms with Gasteiger partial charge >= 0.3 is 0 Å². The van der Waals surface area contributed by atoms with Crippen molar-refractivity contribution in [3.63, 3.8) is 0 Å². The summed E-state index contributed by atoms with van der Waals surface area (Å²) in [4.78, 5) is 4.93. The Kier molecular flexibility index (Phi) is 2.54. The zero-order chi connectivity index (χ0) is 12.8. The highest BCUT2D eigenvalue weighted by Gasteiger charge is 2.23. The van der Waals surface area contributed by atoms with Gasteiger partial charge in [0.05, 0.1) is 11.0 Å². The predicted octanol–water partition coefficient (Wildman–Crippen LogP) is 3.59. The van der Waals surface area contributed by atoms with Gasteiger partial charge in [0, 0.05) is 25.2 Å². The number of nitrogens with one attached hydrogen (secondary N) is 1. The van der Waals surface area contributed by atoms with E-state index < -0.39 is 0 Å². The summed E-state index contributed by atoms with van der Waals surface area (Å²) in [5, 5.41) is 3.50. The second-order valence-electron chi connectivity index (χ2n) is 6.04. The van der Waals surface area contributed by atoms with Crippen LogP contribution in [0.4, 0.5) is 5.69 Å². The fourth-order valence-corrected chi connectivity index (χ4v) is 3.72. The van der Waals surface area contributed by atoms with Gasteiger partial charge in [0.1, 0.15) is 5.82 Å². The molecule has 1 aromatic heterocycles. The van der Waals surface area contributed by atoms with Crippen LogP contribution in [0.15, 0.2) is 12.1 Å². The minimum absolute atomic E-state index is 0.683. The quantitative estimate of drug-likeness (QED) is 0.844. The first-order chi connectivity index (χ1) is 9.33. The summed E-state index contributed by atoms with van der Waals surface area (Å²) in [5.41, 5.74) is 5.23. The van der Waals surface area contributed by atoms with E-state index in [0.29, 0.717) is 5.92 Å². The van der Waals surface area contributed by atoms with Crippen molar-refractivity contribution in [1.29, 1.82) is 0 Å². The molecule has 1 N–H and O–H groups in total. The molecule has 19 heavy (non-hydrogen) atoms. The van der Waals surface area contributed by atoms with Gasteiger partial charge in [-0.05, 0) is 43.4 Å². The molecule has 4 rings (SSSR count). The van der Waals surface area contributed by atoms with Crippen molar-refractivity contribution in [3.05, 3.63) is 23.5 Å². The van der Waals surface area contributed by atoms with Crippen LogP contribution in [0.5, 0.6) is 0 Å². The molecule has 1 fully saturated rings. The van der Waals surface area contributed by atoms with E-state index in [1.807, 2.05) is 0 Å². The van der Waals surface area contributed by atoms with Crippen LogP contribution in [0, 0.1) is 0 Å². The summed E-state index contributed by atoms with van der Waals surface area (Å²) in [6, 6.07) is 4.60. The zero-order valence-corrected chi connectivity index (χ0v) is 11.6. The SMILES string of the molecule is Cn1c(C2CCCC2)nc2cc3c(cc21)CCCN3. The maximum absolute atomic E-state index is 4.93. The number of anilines is 1. The number of hydrogen-bond acceptors (Lipinski definition) is 2. The molecule has 0 unspecified atom stereocenters. The lowest BCUT2D eigenvalue weighted by Gasteiger charge is -2.17. The summed E-state index contributed by atoms with van der Waals surface area (Å²) < 4.78 is 2.33. The molecule has 1 aromatic carbocycles. The average molecular weight is 255 g/mol. The van der Waals surface area contributed by atoms with E-state index in [9.17, 15) is 0 Å². The molecule has 2 aromatic rings. The van der Waals surface area contributed by atoms with Crippen molar-refractivity contribution in [2.24, 2.45) is 7.05 Å². The van der Waals surface area contributed by atoms with Gasteiger partial charge in [0.2, 0.25) is 0 Å². The molecule has 0 atom stereocenters. The van der Waals surface area contributed by atoms with Crippen LogP contribution >= 0.6 is 0 Å². The first-order valence-electron chi connectivity index (χ1n) is 7.56. The lowest BCUT2D eigenvalue weighted by atomic mass is 10.0. The van der Waals surface area contributed by atoms with Crippen molar-refractivity contribution in [2.75, 3.05) is 11.9 Å². The Bertz CT molecular complexity index is 620. The van der Waals surface area contributed by atoms with Crippen molar-refractivity contribution in [3.8, 4) is 0 Å². The van der Waals surface area contributed by atoms with Gasteiger partial charge in [-0.1, -0.05) is 12.8 Å². The summed E-state index contributed by atoms with van der Waals surface area (Å²) in [6.07, 6.45) is 7.80. The summed E-state index contributed by atoms with van der Waals surface area (Å²) in [6.45, 7) is 1.10. The number of benzene rings is 1. The number of nitrogens with zero attached hydrogens (tertiary/aromatic N) is 2. The van der Waals surface area contributed by atoms with Crippen LogP contribution in [0.2, 0.25) is 0 Å². The number of fused-ring (bicyclic) bond motifs is 2. The number of imidazole rings is 1. The van der Waals surface area contributed by atoms with Crippen molar-refractivity contribution in [1.82, 2.24) is 9.55 Å². The third-order valence-electron chi connectivity index (χ3n) is 4.80. The molecule has 0 spiro atoms. The molecule has 100 valence electrons. The third kappa shape index (κ3) is 1.75. The fraction of sp³-hybridized carbons (Fsp3) is 0.562. The van der Waals surface area contributed by atoms with Crippen molar-refractivity contribution < 1.29 is 0 Å². The molecule has 1 saturated carbocycles. The molecule has 0 saturated heterocycles. The fourth-order valence-electron chi connectivity index (χ4n) is 3.72. The average Bonchev–Trinajstić information content (AvgIpc) is 3.05. The first kappa shape index (κ1) is 11.3. The van der Waals surface area contributed by atoms with E-state index in [4.69, 9.17) is 4.98 Å². The van der Waals surface area contributed by atoms with E-state index in [0.717, 1.165) is 12.1 Å². The number of rotatable bonds is 1. The summed E-state index contributed by atoms with van der Waals surface area (Å²) >= 11 is 0. The summed E-state index contributed by atoms with van der Waals surface area (Å²) in [5.74, 6) is 1.98. The maximum Gasteiger partial charge on any atom is 0.112 e. The Morgan fingerprint density at radius 2 is 2.05 bits per heavy atom. The number of aromatic nitrogens is 2. The van der Waals surface area contributed by atoms with Gasteiger partial charge in [-0.2, -0.15) is 0 Å². The second-order valence-corrected chi connectivity index (χ2v) is 6.04. The lowest BCUT2D eigenvalue weighted by molar-refractivity contribution is 0.639. The molecular formula is C16H21N3. The molecule has 0 amide bonds. The van der Waals surface area contributed by atoms with Gasteiger partial charge in [-0.25, -0.2) is 4.98 Å². The van der Waals surface area contributed by atoms with Gasteiger partial charge < -0.3 is 9.88 Å². The Balaban J connectivity index is 1.86. The van der Waals surface area contributed by atoms with E-state index >= 15 is 0 Å². The van der Waals surface area contributed by atoms with Crippen LogP contribution in [-0.2, 0) is 13.5 Å². The topological polar surface area (TPSA) is 29.9 Å². The molecule has 0 radical (unpaired) electrons. The van der Waals surface area contributed by atoms with Gasteiger partial charge in [-0.15, -0.1) is 0 Å². The Morgan fingerprint density at radius 1 is 1.21 bits per heavy atom. The second kappa shape index (κ2) is 4.26. The highest BCUT2D eigenvalue weighted by molar-refractivity contribution is 5.82. The normalized spacial score (nSPS) is 19.6. The monoisotopic (exact) mass is 255 g/mol. The largest absolute Gasteiger partial charge is 0.385 e. The smallest absolute Gasteiger partial charge is 0.112 e. The molecule has 2 heterocycles. The van der Waals surface area contributed by atoms with Crippen LogP contribution in [0.1, 0.15) is 49.4 Å². The standard InChI is InChI=1S/C16H21N3/c1-19-15-9-12-7-4-8-17-13(12)10-14(15)18-16(19)11-5-2-3-6-11/h9-11,17H,2-8H2,1H3.